The lowest BCUT2D eigenvalue weighted by atomic mass is 9.96. The molecule has 0 aromatic heterocycles. The first kappa shape index (κ1) is 22.2. The summed E-state index contributed by atoms with van der Waals surface area (Å²) in [5, 5.41) is 11.0. The standard InChI is InChI=1S/C26H34ClN3O/c27-24-13-12-20-14-16-28-17-15-23(20)25(24)29-18-19-8-10-21(11-9-19)26(31)30-22-6-4-2-1-3-5-7-22/h8-13,22,28-29H,1-7,14-18H2,(H,30,31). The van der Waals surface area contributed by atoms with Crippen molar-refractivity contribution in [2.24, 2.45) is 0 Å². The van der Waals surface area contributed by atoms with Gasteiger partial charge in [-0.05, 0) is 73.7 Å². The number of amides is 1. The summed E-state index contributed by atoms with van der Waals surface area (Å²) < 4.78 is 0. The monoisotopic (exact) mass is 439 g/mol. The van der Waals surface area contributed by atoms with Gasteiger partial charge in [-0.25, -0.2) is 0 Å². The zero-order valence-electron chi connectivity index (χ0n) is 18.3. The van der Waals surface area contributed by atoms with Gasteiger partial charge in [-0.3, -0.25) is 4.79 Å². The molecular weight excluding hydrogens is 406 g/mol. The third-order valence-electron chi connectivity index (χ3n) is 6.61. The second-order valence-electron chi connectivity index (χ2n) is 8.88. The number of carbonyl (C=O) groups is 1. The Bertz CT molecular complexity index is 873. The number of hydrogen-bond donors (Lipinski definition) is 3. The summed E-state index contributed by atoms with van der Waals surface area (Å²) in [6.45, 7) is 2.68. The van der Waals surface area contributed by atoms with Gasteiger partial charge >= 0.3 is 0 Å². The molecule has 166 valence electrons. The molecule has 2 aromatic carbocycles. The fraction of sp³-hybridized carbons (Fsp3) is 0.500. The van der Waals surface area contributed by atoms with Crippen LogP contribution in [-0.4, -0.2) is 25.0 Å². The van der Waals surface area contributed by atoms with Crippen LogP contribution in [0.15, 0.2) is 36.4 Å². The second-order valence-corrected chi connectivity index (χ2v) is 9.28. The van der Waals surface area contributed by atoms with Crippen molar-refractivity contribution in [2.45, 2.75) is 70.4 Å². The number of carbonyl (C=O) groups excluding carboxylic acids is 1. The molecule has 1 saturated carbocycles. The molecule has 5 heteroatoms. The molecule has 0 saturated heterocycles. The highest BCUT2D eigenvalue weighted by atomic mass is 35.5. The maximum atomic E-state index is 12.7. The van der Waals surface area contributed by atoms with Gasteiger partial charge in [0.1, 0.15) is 0 Å². The van der Waals surface area contributed by atoms with Gasteiger partial charge in [-0.15, -0.1) is 0 Å². The van der Waals surface area contributed by atoms with Crippen molar-refractivity contribution < 1.29 is 4.79 Å². The average Bonchev–Trinajstić information content (AvgIpc) is 3.01. The molecule has 3 N–H and O–H groups in total. The Hall–Kier alpha value is -2.04. The molecule has 4 nitrogen and oxygen atoms in total. The van der Waals surface area contributed by atoms with Crippen molar-refractivity contribution in [1.29, 1.82) is 0 Å². The Balaban J connectivity index is 1.36. The van der Waals surface area contributed by atoms with E-state index in [-0.39, 0.29) is 5.91 Å². The highest BCUT2D eigenvalue weighted by Gasteiger charge is 2.16. The minimum absolute atomic E-state index is 0.0500. The third-order valence-corrected chi connectivity index (χ3v) is 6.92. The van der Waals surface area contributed by atoms with Crippen molar-refractivity contribution in [2.75, 3.05) is 18.4 Å². The molecule has 2 aromatic rings. The van der Waals surface area contributed by atoms with E-state index in [0.29, 0.717) is 12.6 Å². The molecule has 1 heterocycles. The first-order valence-corrected chi connectivity index (χ1v) is 12.2. The van der Waals surface area contributed by atoms with E-state index in [4.69, 9.17) is 11.6 Å². The molecule has 1 amide bonds. The quantitative estimate of drug-likeness (QED) is 0.577. The smallest absolute Gasteiger partial charge is 0.251 e. The molecule has 1 aliphatic heterocycles. The highest BCUT2D eigenvalue weighted by molar-refractivity contribution is 6.33. The van der Waals surface area contributed by atoms with E-state index in [1.807, 2.05) is 30.3 Å². The number of benzene rings is 2. The number of hydrogen-bond acceptors (Lipinski definition) is 3. The SMILES string of the molecule is O=C(NC1CCCCCCC1)c1ccc(CNc2c(Cl)ccc3c2CCNCC3)cc1. The first-order valence-electron chi connectivity index (χ1n) is 11.9. The van der Waals surface area contributed by atoms with E-state index in [1.165, 1.54) is 43.2 Å². The summed E-state index contributed by atoms with van der Waals surface area (Å²) in [6, 6.07) is 12.4. The predicted molar refractivity (Wildman–Crippen MR) is 129 cm³/mol. The van der Waals surface area contributed by atoms with Crippen LogP contribution in [0.4, 0.5) is 5.69 Å². The Morgan fingerprint density at radius 3 is 2.42 bits per heavy atom. The van der Waals surface area contributed by atoms with Crippen molar-refractivity contribution in [1.82, 2.24) is 10.6 Å². The van der Waals surface area contributed by atoms with Crippen LogP contribution < -0.4 is 16.0 Å². The summed E-state index contributed by atoms with van der Waals surface area (Å²) in [5.74, 6) is 0.0500. The maximum absolute atomic E-state index is 12.7. The van der Waals surface area contributed by atoms with Crippen LogP contribution in [0.1, 0.15) is 72.0 Å². The summed E-state index contributed by atoms with van der Waals surface area (Å²) in [5.41, 5.74) is 5.63. The largest absolute Gasteiger partial charge is 0.380 e. The van der Waals surface area contributed by atoms with Gasteiger partial charge in [0, 0.05) is 18.2 Å². The Labute approximate surface area is 191 Å². The van der Waals surface area contributed by atoms with Crippen LogP contribution in [0.3, 0.4) is 0 Å². The van der Waals surface area contributed by atoms with E-state index in [1.54, 1.807) is 0 Å². The lowest BCUT2D eigenvalue weighted by molar-refractivity contribution is 0.0930. The van der Waals surface area contributed by atoms with Gasteiger partial charge in [0.2, 0.25) is 0 Å². The fourth-order valence-electron chi connectivity index (χ4n) is 4.77. The van der Waals surface area contributed by atoms with Gasteiger partial charge < -0.3 is 16.0 Å². The van der Waals surface area contributed by atoms with Crippen molar-refractivity contribution in [3.63, 3.8) is 0 Å². The van der Waals surface area contributed by atoms with Gasteiger partial charge in [0.15, 0.2) is 0 Å². The molecule has 1 fully saturated rings. The zero-order chi connectivity index (χ0) is 21.5. The lowest BCUT2D eigenvalue weighted by Crippen LogP contribution is -2.35. The fourth-order valence-corrected chi connectivity index (χ4v) is 5.01. The van der Waals surface area contributed by atoms with Crippen LogP contribution >= 0.6 is 11.6 Å². The van der Waals surface area contributed by atoms with Crippen molar-refractivity contribution in [3.8, 4) is 0 Å². The normalized spacial score (nSPS) is 17.7. The molecule has 1 aliphatic carbocycles. The van der Waals surface area contributed by atoms with Crippen LogP contribution in [0.5, 0.6) is 0 Å². The summed E-state index contributed by atoms with van der Waals surface area (Å²) in [4.78, 5) is 12.7. The molecule has 31 heavy (non-hydrogen) atoms. The molecule has 2 aliphatic rings. The predicted octanol–water partition coefficient (Wildman–Crippen LogP) is 5.48. The van der Waals surface area contributed by atoms with Crippen LogP contribution in [-0.2, 0) is 19.4 Å². The molecule has 0 radical (unpaired) electrons. The average molecular weight is 440 g/mol. The lowest BCUT2D eigenvalue weighted by Gasteiger charge is -2.21. The van der Waals surface area contributed by atoms with Gasteiger partial charge in [0.25, 0.3) is 5.91 Å². The highest BCUT2D eigenvalue weighted by Crippen LogP contribution is 2.31. The van der Waals surface area contributed by atoms with E-state index >= 15 is 0 Å². The van der Waals surface area contributed by atoms with Crippen LogP contribution in [0.25, 0.3) is 0 Å². The number of rotatable bonds is 5. The molecule has 4 rings (SSSR count). The first-order chi connectivity index (χ1) is 15.2. The molecule has 0 bridgehead atoms. The topological polar surface area (TPSA) is 53.2 Å². The Kier molecular flexibility index (Phi) is 7.87. The number of fused-ring (bicyclic) bond motifs is 1. The molecular formula is C26H34ClN3O. The summed E-state index contributed by atoms with van der Waals surface area (Å²) >= 11 is 6.53. The Morgan fingerprint density at radius 2 is 1.65 bits per heavy atom. The maximum Gasteiger partial charge on any atom is 0.251 e. The van der Waals surface area contributed by atoms with Gasteiger partial charge in [-0.2, -0.15) is 0 Å². The third kappa shape index (κ3) is 6.02. The zero-order valence-corrected chi connectivity index (χ0v) is 19.1. The van der Waals surface area contributed by atoms with Crippen molar-refractivity contribution >= 4 is 23.2 Å². The molecule has 0 unspecified atom stereocenters. The number of anilines is 1. The van der Waals surface area contributed by atoms with E-state index in [9.17, 15) is 4.79 Å². The van der Waals surface area contributed by atoms with E-state index < -0.39 is 0 Å². The molecule has 0 spiro atoms. The molecule has 0 atom stereocenters. The number of halogens is 1. The van der Waals surface area contributed by atoms with Crippen molar-refractivity contribution in [3.05, 3.63) is 63.7 Å². The van der Waals surface area contributed by atoms with Gasteiger partial charge in [-0.1, -0.05) is 61.9 Å². The van der Waals surface area contributed by atoms with Crippen LogP contribution in [0.2, 0.25) is 5.02 Å². The van der Waals surface area contributed by atoms with E-state index in [0.717, 1.165) is 60.6 Å². The number of nitrogens with one attached hydrogen (secondary N) is 3. The Morgan fingerprint density at radius 1 is 0.935 bits per heavy atom. The summed E-state index contributed by atoms with van der Waals surface area (Å²) in [7, 11) is 0. The van der Waals surface area contributed by atoms with E-state index in [2.05, 4.69) is 22.0 Å². The minimum atomic E-state index is 0.0500. The summed E-state index contributed by atoms with van der Waals surface area (Å²) in [6.07, 6.45) is 10.6. The van der Waals surface area contributed by atoms with Gasteiger partial charge in [0.05, 0.1) is 10.7 Å². The second kappa shape index (κ2) is 11.0. The minimum Gasteiger partial charge on any atom is -0.380 e. The van der Waals surface area contributed by atoms with Crippen LogP contribution in [0, 0.1) is 0 Å².